The third kappa shape index (κ3) is 33.8. The van der Waals surface area contributed by atoms with Crippen molar-refractivity contribution >= 4 is 0 Å². The molecule has 59 heavy (non-hydrogen) atoms. The van der Waals surface area contributed by atoms with Crippen molar-refractivity contribution in [2.24, 2.45) is 0 Å². The molecule has 0 saturated heterocycles. The third-order valence-corrected chi connectivity index (χ3v) is 10.8. The third-order valence-electron chi connectivity index (χ3n) is 10.8. The van der Waals surface area contributed by atoms with Crippen LogP contribution in [0.25, 0.3) is 0 Å². The minimum absolute atomic E-state index is 0.565. The quantitative estimate of drug-likeness (QED) is 0.0343. The van der Waals surface area contributed by atoms with E-state index in [4.69, 9.17) is 33.2 Å². The van der Waals surface area contributed by atoms with Gasteiger partial charge in [0.2, 0.25) is 12.6 Å². The van der Waals surface area contributed by atoms with Crippen molar-refractivity contribution < 1.29 is 33.2 Å². The molecular formula is C52H102O7. The van der Waals surface area contributed by atoms with Crippen LogP contribution in [0.5, 0.6) is 0 Å². The monoisotopic (exact) mass is 839 g/mol. The molecule has 0 aliphatic heterocycles. The van der Waals surface area contributed by atoms with Crippen LogP contribution in [0.3, 0.4) is 0 Å². The minimum atomic E-state index is -0.796. The van der Waals surface area contributed by atoms with Gasteiger partial charge in [-0.3, -0.25) is 0 Å². The van der Waals surface area contributed by atoms with Crippen molar-refractivity contribution in [3.8, 4) is 0 Å². The van der Waals surface area contributed by atoms with E-state index in [1.165, 1.54) is 89.9 Å². The summed E-state index contributed by atoms with van der Waals surface area (Å²) in [6, 6.07) is 0. The van der Waals surface area contributed by atoms with Crippen LogP contribution >= 0.6 is 0 Å². The maximum Gasteiger partial charge on any atom is 0.223 e. The van der Waals surface area contributed by atoms with Gasteiger partial charge in [0.15, 0.2) is 11.5 Å². The van der Waals surface area contributed by atoms with E-state index in [2.05, 4.69) is 55.4 Å². The Bertz CT molecular complexity index is 847. The smallest absolute Gasteiger partial charge is 0.223 e. The van der Waals surface area contributed by atoms with Crippen molar-refractivity contribution in [2.75, 3.05) is 39.6 Å². The molecule has 0 aliphatic rings. The highest BCUT2D eigenvalue weighted by Crippen LogP contribution is 2.30. The molecule has 0 aromatic rings. The standard InChI is InChI=1S/C52H102O7/c1-9-17-25-27-29-31-33-35-39-47(53-41-21-13-5)49(55-43-23-15-7)51(57-45-37-19-11-3)59-52(58-46-38-20-12-4)50(56-44-24-16-8)48(54-42-22-14-6)40-36-34-32-30-28-26-18-10-2/h51-52H,9-46H2,1-8H3. The maximum absolute atomic E-state index is 7.17. The summed E-state index contributed by atoms with van der Waals surface area (Å²) in [5, 5.41) is 0. The SMILES string of the molecule is CCCCCCCCCCC(OCCCC)=C(OCCCC)C(OCCCCC)OC(OCCCCC)C(OCCCC)=C(CCCCCCCCCC)OCCCC. The van der Waals surface area contributed by atoms with Gasteiger partial charge in [-0.2, -0.15) is 0 Å². The second-order valence-corrected chi connectivity index (χ2v) is 16.8. The summed E-state index contributed by atoms with van der Waals surface area (Å²) in [6.45, 7) is 21.5. The summed E-state index contributed by atoms with van der Waals surface area (Å²) in [6.07, 6.45) is 34.6. The van der Waals surface area contributed by atoms with Gasteiger partial charge < -0.3 is 33.2 Å². The van der Waals surface area contributed by atoms with Crippen LogP contribution < -0.4 is 0 Å². The normalized spacial score (nSPS) is 13.6. The first kappa shape index (κ1) is 57.6. The van der Waals surface area contributed by atoms with Crippen molar-refractivity contribution in [3.63, 3.8) is 0 Å². The van der Waals surface area contributed by atoms with Crippen LogP contribution in [-0.4, -0.2) is 52.2 Å². The Kier molecular flexibility index (Phi) is 44.9. The topological polar surface area (TPSA) is 64.6 Å². The summed E-state index contributed by atoms with van der Waals surface area (Å²) in [4.78, 5) is 0. The van der Waals surface area contributed by atoms with Gasteiger partial charge in [-0.15, -0.1) is 0 Å². The molecule has 0 rings (SSSR count). The van der Waals surface area contributed by atoms with E-state index in [0.717, 1.165) is 127 Å². The Hall–Kier alpha value is -1.44. The number of rotatable bonds is 48. The Morgan fingerprint density at radius 1 is 0.271 bits per heavy atom. The largest absolute Gasteiger partial charge is 0.494 e. The van der Waals surface area contributed by atoms with Crippen molar-refractivity contribution in [1.29, 1.82) is 0 Å². The van der Waals surface area contributed by atoms with Gasteiger partial charge in [-0.05, 0) is 51.4 Å². The van der Waals surface area contributed by atoms with Crippen LogP contribution in [-0.2, 0) is 33.2 Å². The molecule has 0 fully saturated rings. The molecule has 0 aromatic heterocycles. The van der Waals surface area contributed by atoms with Gasteiger partial charge in [-0.1, -0.05) is 197 Å². The summed E-state index contributed by atoms with van der Waals surface area (Å²) in [5.74, 6) is 3.12. The fourth-order valence-electron chi connectivity index (χ4n) is 6.81. The van der Waals surface area contributed by atoms with Crippen LogP contribution in [0.2, 0.25) is 0 Å². The van der Waals surface area contributed by atoms with Crippen LogP contribution in [0.15, 0.2) is 23.0 Å². The zero-order chi connectivity index (χ0) is 43.3. The van der Waals surface area contributed by atoms with Crippen molar-refractivity contribution in [3.05, 3.63) is 23.0 Å². The average Bonchev–Trinajstić information content (AvgIpc) is 3.24. The lowest BCUT2D eigenvalue weighted by Gasteiger charge is -2.30. The second kappa shape index (κ2) is 46.1. The fraction of sp³-hybridized carbons (Fsp3) is 0.923. The van der Waals surface area contributed by atoms with Gasteiger partial charge in [0, 0.05) is 12.8 Å². The molecule has 0 N–H and O–H groups in total. The predicted octanol–water partition coefficient (Wildman–Crippen LogP) is 16.8. The van der Waals surface area contributed by atoms with Crippen molar-refractivity contribution in [2.45, 2.75) is 273 Å². The molecular weight excluding hydrogens is 737 g/mol. The zero-order valence-corrected chi connectivity index (χ0v) is 40.9. The number of allylic oxidation sites excluding steroid dienone is 2. The molecule has 0 spiro atoms. The first-order chi connectivity index (χ1) is 29.1. The highest BCUT2D eigenvalue weighted by molar-refractivity contribution is 5.09. The molecule has 0 aromatic carbocycles. The summed E-state index contributed by atoms with van der Waals surface area (Å²) in [5.41, 5.74) is 0. The zero-order valence-electron chi connectivity index (χ0n) is 40.9. The maximum atomic E-state index is 7.17. The Balaban J connectivity index is 7.11. The lowest BCUT2D eigenvalue weighted by Crippen LogP contribution is -2.34. The van der Waals surface area contributed by atoms with E-state index in [1.54, 1.807) is 0 Å². The van der Waals surface area contributed by atoms with E-state index >= 15 is 0 Å². The first-order valence-electron chi connectivity index (χ1n) is 25.9. The van der Waals surface area contributed by atoms with E-state index in [1.807, 2.05) is 0 Å². The second-order valence-electron chi connectivity index (χ2n) is 16.8. The molecule has 2 atom stereocenters. The van der Waals surface area contributed by atoms with Gasteiger partial charge >= 0.3 is 0 Å². The lowest BCUT2D eigenvalue weighted by molar-refractivity contribution is -0.243. The van der Waals surface area contributed by atoms with E-state index in [-0.39, 0.29) is 0 Å². The summed E-state index contributed by atoms with van der Waals surface area (Å²) < 4.78 is 47.6. The van der Waals surface area contributed by atoms with Gasteiger partial charge in [0.25, 0.3) is 0 Å². The molecule has 0 amide bonds. The van der Waals surface area contributed by atoms with E-state index < -0.39 is 12.6 Å². The summed E-state index contributed by atoms with van der Waals surface area (Å²) >= 11 is 0. The van der Waals surface area contributed by atoms with Crippen LogP contribution in [0.1, 0.15) is 261 Å². The van der Waals surface area contributed by atoms with E-state index in [0.29, 0.717) is 51.2 Å². The minimum Gasteiger partial charge on any atom is -0.494 e. The molecule has 7 heteroatoms. The number of unbranched alkanes of at least 4 members (excludes halogenated alkanes) is 22. The van der Waals surface area contributed by atoms with Crippen molar-refractivity contribution in [1.82, 2.24) is 0 Å². The van der Waals surface area contributed by atoms with Gasteiger partial charge in [0.05, 0.1) is 39.6 Å². The van der Waals surface area contributed by atoms with E-state index in [9.17, 15) is 0 Å². The lowest BCUT2D eigenvalue weighted by atomic mass is 10.1. The molecule has 352 valence electrons. The predicted molar refractivity (Wildman–Crippen MR) is 252 cm³/mol. The number of ether oxygens (including phenoxy) is 7. The molecule has 7 nitrogen and oxygen atoms in total. The molecule has 0 radical (unpaired) electrons. The molecule has 0 aliphatic carbocycles. The number of hydrogen-bond acceptors (Lipinski definition) is 7. The highest BCUT2D eigenvalue weighted by atomic mass is 16.8. The molecule has 0 saturated carbocycles. The highest BCUT2D eigenvalue weighted by Gasteiger charge is 2.32. The Labute approximate surface area is 368 Å². The fourth-order valence-corrected chi connectivity index (χ4v) is 6.81. The van der Waals surface area contributed by atoms with Crippen LogP contribution in [0.4, 0.5) is 0 Å². The summed E-state index contributed by atoms with van der Waals surface area (Å²) in [7, 11) is 0. The Morgan fingerprint density at radius 3 is 0.864 bits per heavy atom. The Morgan fingerprint density at radius 2 is 0.542 bits per heavy atom. The molecule has 2 unspecified atom stereocenters. The van der Waals surface area contributed by atoms with Crippen LogP contribution in [0, 0.1) is 0 Å². The van der Waals surface area contributed by atoms with Gasteiger partial charge in [0.1, 0.15) is 11.5 Å². The van der Waals surface area contributed by atoms with Gasteiger partial charge in [-0.25, -0.2) is 0 Å². The first-order valence-corrected chi connectivity index (χ1v) is 25.9. The molecule has 0 heterocycles. The molecule has 0 bridgehead atoms. The number of hydrogen-bond donors (Lipinski definition) is 0. The average molecular weight is 839 g/mol.